The first-order valence-corrected chi connectivity index (χ1v) is 6.39. The van der Waals surface area contributed by atoms with Crippen LogP contribution in [0.5, 0.6) is 0 Å². The normalized spacial score (nSPS) is 9.79. The maximum Gasteiger partial charge on any atom is 0.242 e. The highest BCUT2D eigenvalue weighted by atomic mass is 16.2. The van der Waals surface area contributed by atoms with Crippen molar-refractivity contribution >= 4 is 11.6 Å². The molecule has 0 aromatic heterocycles. The summed E-state index contributed by atoms with van der Waals surface area (Å²) in [5.41, 5.74) is 3.39. The lowest BCUT2D eigenvalue weighted by Gasteiger charge is -2.20. The predicted octanol–water partition coefficient (Wildman–Crippen LogP) is 2.92. The van der Waals surface area contributed by atoms with Crippen molar-refractivity contribution in [1.29, 1.82) is 0 Å². The maximum atomic E-state index is 12.1. The third-order valence-corrected chi connectivity index (χ3v) is 3.09. The van der Waals surface area contributed by atoms with E-state index in [2.05, 4.69) is 31.5 Å². The minimum absolute atomic E-state index is 0.0423. The van der Waals surface area contributed by atoms with Gasteiger partial charge in [0.05, 0.1) is 6.54 Å². The molecule has 0 saturated carbocycles. The van der Waals surface area contributed by atoms with Gasteiger partial charge in [0.25, 0.3) is 0 Å². The van der Waals surface area contributed by atoms with Crippen molar-refractivity contribution in [3.63, 3.8) is 0 Å². The minimum Gasteiger partial charge on any atom is -0.376 e. The van der Waals surface area contributed by atoms with Crippen LogP contribution >= 0.6 is 0 Å². The van der Waals surface area contributed by atoms with Crippen molar-refractivity contribution in [2.24, 2.45) is 0 Å². The Morgan fingerprint density at radius 3 is 2.47 bits per heavy atom. The minimum atomic E-state index is 0.0423. The molecule has 3 nitrogen and oxygen atoms in total. The molecule has 1 amide bonds. The molecule has 1 N–H and O–H groups in total. The molecule has 0 atom stereocenters. The van der Waals surface area contributed by atoms with Gasteiger partial charge in [-0.3, -0.25) is 4.79 Å². The Morgan fingerprint density at radius 2 is 1.89 bits per heavy atom. The van der Waals surface area contributed by atoms with E-state index in [-0.39, 0.29) is 12.5 Å². The van der Waals surface area contributed by atoms with E-state index in [1.54, 1.807) is 17.1 Å². The van der Waals surface area contributed by atoms with E-state index in [0.29, 0.717) is 13.1 Å². The molecule has 0 aliphatic rings. The lowest BCUT2D eigenvalue weighted by atomic mass is 10.1. The fraction of sp³-hybridized carbons (Fsp3) is 0.312. The van der Waals surface area contributed by atoms with E-state index in [0.717, 1.165) is 5.69 Å². The molecule has 0 fully saturated rings. The summed E-state index contributed by atoms with van der Waals surface area (Å²) in [6.45, 7) is 12.8. The Kier molecular flexibility index (Phi) is 5.86. The SMILES string of the molecule is C=CCN(CC=C)C(=O)CNc1cccc(C)c1C. The van der Waals surface area contributed by atoms with Crippen molar-refractivity contribution in [2.45, 2.75) is 13.8 Å². The van der Waals surface area contributed by atoms with Crippen LogP contribution in [0.1, 0.15) is 11.1 Å². The molecule has 1 aromatic rings. The number of benzene rings is 1. The first kappa shape index (κ1) is 15.0. The summed E-state index contributed by atoms with van der Waals surface area (Å²) in [6, 6.07) is 6.03. The third-order valence-electron chi connectivity index (χ3n) is 3.09. The Bertz CT molecular complexity index is 456. The van der Waals surface area contributed by atoms with Crippen molar-refractivity contribution in [3.05, 3.63) is 54.6 Å². The van der Waals surface area contributed by atoms with Gasteiger partial charge in [-0.05, 0) is 31.0 Å². The van der Waals surface area contributed by atoms with E-state index in [9.17, 15) is 4.79 Å². The number of amides is 1. The van der Waals surface area contributed by atoms with Crippen LogP contribution in [0.2, 0.25) is 0 Å². The summed E-state index contributed by atoms with van der Waals surface area (Å²) >= 11 is 0. The highest BCUT2D eigenvalue weighted by Crippen LogP contribution is 2.17. The number of nitrogens with one attached hydrogen (secondary N) is 1. The van der Waals surface area contributed by atoms with Crippen molar-refractivity contribution in [3.8, 4) is 0 Å². The highest BCUT2D eigenvalue weighted by Gasteiger charge is 2.10. The summed E-state index contributed by atoms with van der Waals surface area (Å²) in [5.74, 6) is 0.0423. The molecular weight excluding hydrogens is 236 g/mol. The zero-order valence-corrected chi connectivity index (χ0v) is 11.8. The number of aryl methyl sites for hydroxylation is 1. The second-order valence-corrected chi connectivity index (χ2v) is 4.48. The largest absolute Gasteiger partial charge is 0.376 e. The van der Waals surface area contributed by atoms with E-state index >= 15 is 0 Å². The number of carbonyl (C=O) groups is 1. The number of hydrogen-bond acceptors (Lipinski definition) is 2. The molecule has 0 spiro atoms. The average molecular weight is 258 g/mol. The zero-order chi connectivity index (χ0) is 14.3. The van der Waals surface area contributed by atoms with Crippen molar-refractivity contribution < 1.29 is 4.79 Å². The smallest absolute Gasteiger partial charge is 0.242 e. The molecule has 0 unspecified atom stereocenters. The van der Waals surface area contributed by atoms with Crippen molar-refractivity contribution in [2.75, 3.05) is 25.0 Å². The van der Waals surface area contributed by atoms with Crippen LogP contribution in [0.3, 0.4) is 0 Å². The second-order valence-electron chi connectivity index (χ2n) is 4.48. The van der Waals surface area contributed by atoms with Crippen molar-refractivity contribution in [1.82, 2.24) is 4.90 Å². The van der Waals surface area contributed by atoms with Crippen LogP contribution < -0.4 is 5.32 Å². The number of nitrogens with zero attached hydrogens (tertiary/aromatic N) is 1. The first-order chi connectivity index (χ1) is 9.10. The van der Waals surface area contributed by atoms with Crippen LogP contribution in [-0.2, 0) is 4.79 Å². The molecule has 1 aromatic carbocycles. The summed E-state index contributed by atoms with van der Waals surface area (Å²) in [4.78, 5) is 13.8. The van der Waals surface area contributed by atoms with Crippen LogP contribution in [0, 0.1) is 13.8 Å². The summed E-state index contributed by atoms with van der Waals surface area (Å²) < 4.78 is 0. The highest BCUT2D eigenvalue weighted by molar-refractivity contribution is 5.81. The fourth-order valence-electron chi connectivity index (χ4n) is 1.82. The summed E-state index contributed by atoms with van der Waals surface area (Å²) in [6.07, 6.45) is 3.44. The second kappa shape index (κ2) is 7.41. The summed E-state index contributed by atoms with van der Waals surface area (Å²) in [7, 11) is 0. The molecule has 0 heterocycles. The van der Waals surface area contributed by atoms with Gasteiger partial charge < -0.3 is 10.2 Å². The predicted molar refractivity (Wildman–Crippen MR) is 81.4 cm³/mol. The quantitative estimate of drug-likeness (QED) is 0.763. The number of rotatable bonds is 7. The first-order valence-electron chi connectivity index (χ1n) is 6.39. The van der Waals surface area contributed by atoms with Crippen LogP contribution in [0.4, 0.5) is 5.69 Å². The zero-order valence-electron chi connectivity index (χ0n) is 11.8. The molecule has 3 heteroatoms. The van der Waals surface area contributed by atoms with Gasteiger partial charge >= 0.3 is 0 Å². The molecule has 1 rings (SSSR count). The monoisotopic (exact) mass is 258 g/mol. The average Bonchev–Trinajstić information content (AvgIpc) is 2.40. The van der Waals surface area contributed by atoms with Gasteiger partial charge in [-0.1, -0.05) is 24.3 Å². The van der Waals surface area contributed by atoms with Gasteiger partial charge in [-0.2, -0.15) is 0 Å². The van der Waals surface area contributed by atoms with E-state index in [1.807, 2.05) is 19.1 Å². The Morgan fingerprint density at radius 1 is 1.26 bits per heavy atom. The van der Waals surface area contributed by atoms with E-state index in [1.165, 1.54) is 11.1 Å². The Labute approximate surface area is 115 Å². The number of hydrogen-bond donors (Lipinski definition) is 1. The molecule has 19 heavy (non-hydrogen) atoms. The van der Waals surface area contributed by atoms with E-state index in [4.69, 9.17) is 0 Å². The third kappa shape index (κ3) is 4.28. The summed E-state index contributed by atoms with van der Waals surface area (Å²) in [5, 5.41) is 3.19. The topological polar surface area (TPSA) is 32.3 Å². The van der Waals surface area contributed by atoms with Gasteiger partial charge in [0.15, 0.2) is 0 Å². The molecule has 0 bridgehead atoms. The van der Waals surface area contributed by atoms with E-state index < -0.39 is 0 Å². The van der Waals surface area contributed by atoms with Gasteiger partial charge in [0.1, 0.15) is 0 Å². The molecule has 0 radical (unpaired) electrons. The molecule has 102 valence electrons. The number of carbonyl (C=O) groups excluding carboxylic acids is 1. The van der Waals surface area contributed by atoms with Gasteiger partial charge in [-0.15, -0.1) is 13.2 Å². The lowest BCUT2D eigenvalue weighted by molar-refractivity contribution is -0.128. The van der Waals surface area contributed by atoms with Crippen LogP contribution in [0.15, 0.2) is 43.5 Å². The standard InChI is InChI=1S/C16H22N2O/c1-5-10-18(11-6-2)16(19)12-17-15-9-7-8-13(3)14(15)4/h5-9,17H,1-2,10-12H2,3-4H3. The number of anilines is 1. The fourth-order valence-corrected chi connectivity index (χ4v) is 1.82. The van der Waals surface area contributed by atoms with Gasteiger partial charge in [-0.25, -0.2) is 0 Å². The van der Waals surface area contributed by atoms with Crippen LogP contribution in [-0.4, -0.2) is 30.4 Å². The molecule has 0 aliphatic heterocycles. The molecule has 0 saturated heterocycles. The maximum absolute atomic E-state index is 12.1. The van der Waals surface area contributed by atoms with Gasteiger partial charge in [0.2, 0.25) is 5.91 Å². The van der Waals surface area contributed by atoms with Gasteiger partial charge in [0, 0.05) is 18.8 Å². The Hall–Kier alpha value is -2.03. The molecular formula is C16H22N2O. The lowest BCUT2D eigenvalue weighted by Crippen LogP contribution is -2.35. The molecule has 0 aliphatic carbocycles. The van der Waals surface area contributed by atoms with Crippen LogP contribution in [0.25, 0.3) is 0 Å². The Balaban J connectivity index is 2.64.